The first kappa shape index (κ1) is 27.3. The highest BCUT2D eigenvalue weighted by Gasteiger charge is 2.49. The fourth-order valence-electron chi connectivity index (χ4n) is 3.74. The SMILES string of the molecule is CCC(CNC(C)=O)C[C@@H]1[C@@H](C=CCl)C[C@H](C(=O)OC(C)(C)C)N1C(=O)OC(C)(C)C. The van der Waals surface area contributed by atoms with Crippen molar-refractivity contribution < 1.29 is 23.9 Å². The van der Waals surface area contributed by atoms with Gasteiger partial charge in [-0.25, -0.2) is 9.59 Å². The van der Waals surface area contributed by atoms with Crippen LogP contribution in [0.25, 0.3) is 0 Å². The number of nitrogens with one attached hydrogen (secondary N) is 1. The van der Waals surface area contributed by atoms with E-state index in [2.05, 4.69) is 5.32 Å². The monoisotopic (exact) mass is 458 g/mol. The Labute approximate surface area is 191 Å². The number of hydrogen-bond acceptors (Lipinski definition) is 5. The average Bonchev–Trinajstić information content (AvgIpc) is 2.94. The van der Waals surface area contributed by atoms with Gasteiger partial charge in [-0.05, 0) is 60.3 Å². The van der Waals surface area contributed by atoms with Crippen LogP contribution in [0.5, 0.6) is 0 Å². The number of carbonyl (C=O) groups is 3. The highest BCUT2D eigenvalue weighted by Crippen LogP contribution is 2.37. The quantitative estimate of drug-likeness (QED) is 0.562. The van der Waals surface area contributed by atoms with Crippen LogP contribution in [0.1, 0.15) is 74.7 Å². The minimum absolute atomic E-state index is 0.0993. The molecule has 1 saturated heterocycles. The Morgan fingerprint density at radius 1 is 1.13 bits per heavy atom. The molecule has 1 rings (SSSR count). The number of esters is 1. The van der Waals surface area contributed by atoms with E-state index in [4.69, 9.17) is 21.1 Å². The molecule has 8 heteroatoms. The summed E-state index contributed by atoms with van der Waals surface area (Å²) in [4.78, 5) is 39.1. The maximum absolute atomic E-state index is 13.2. The van der Waals surface area contributed by atoms with Gasteiger partial charge in [-0.3, -0.25) is 9.69 Å². The Bertz CT molecular complexity index is 666. The zero-order valence-electron chi connectivity index (χ0n) is 20.2. The highest BCUT2D eigenvalue weighted by molar-refractivity contribution is 6.25. The van der Waals surface area contributed by atoms with Crippen LogP contribution in [0.2, 0.25) is 0 Å². The topological polar surface area (TPSA) is 84.9 Å². The van der Waals surface area contributed by atoms with Gasteiger partial charge in [-0.1, -0.05) is 31.0 Å². The molecule has 4 atom stereocenters. The summed E-state index contributed by atoms with van der Waals surface area (Å²) < 4.78 is 11.3. The number of amides is 2. The van der Waals surface area contributed by atoms with Gasteiger partial charge in [-0.2, -0.15) is 0 Å². The Morgan fingerprint density at radius 2 is 1.71 bits per heavy atom. The van der Waals surface area contributed by atoms with Gasteiger partial charge in [0.25, 0.3) is 0 Å². The molecule has 0 spiro atoms. The molecular formula is C23H39ClN2O5. The van der Waals surface area contributed by atoms with Crippen LogP contribution in [-0.4, -0.2) is 52.7 Å². The van der Waals surface area contributed by atoms with Gasteiger partial charge in [0.2, 0.25) is 5.91 Å². The summed E-state index contributed by atoms with van der Waals surface area (Å²) in [6, 6.07) is -1.07. The summed E-state index contributed by atoms with van der Waals surface area (Å²) in [6.07, 6.45) is 3.08. The number of rotatable bonds is 7. The van der Waals surface area contributed by atoms with E-state index in [1.54, 1.807) is 41.5 Å². The van der Waals surface area contributed by atoms with E-state index in [1.165, 1.54) is 17.4 Å². The van der Waals surface area contributed by atoms with Crippen molar-refractivity contribution in [2.75, 3.05) is 6.54 Å². The summed E-state index contributed by atoms with van der Waals surface area (Å²) in [5.41, 5.74) is 0.0437. The highest BCUT2D eigenvalue weighted by atomic mass is 35.5. The first-order valence-electron chi connectivity index (χ1n) is 10.9. The van der Waals surface area contributed by atoms with Gasteiger partial charge in [-0.15, -0.1) is 0 Å². The van der Waals surface area contributed by atoms with Crippen molar-refractivity contribution in [1.82, 2.24) is 10.2 Å². The van der Waals surface area contributed by atoms with E-state index in [1.807, 2.05) is 13.0 Å². The van der Waals surface area contributed by atoms with Gasteiger partial charge >= 0.3 is 12.1 Å². The smallest absolute Gasteiger partial charge is 0.411 e. The van der Waals surface area contributed by atoms with Crippen LogP contribution < -0.4 is 5.32 Å². The lowest BCUT2D eigenvalue weighted by atomic mass is 9.89. The predicted octanol–water partition coefficient (Wildman–Crippen LogP) is 4.63. The Hall–Kier alpha value is -1.76. The van der Waals surface area contributed by atoms with Crippen molar-refractivity contribution >= 4 is 29.6 Å². The second-order valence-electron chi connectivity index (χ2n) is 10.2. The normalized spacial score (nSPS) is 23.0. The number of ether oxygens (including phenoxy) is 2. The summed E-state index contributed by atoms with van der Waals surface area (Å²) in [6.45, 7) is 14.8. The van der Waals surface area contributed by atoms with Crippen LogP contribution in [-0.2, 0) is 19.1 Å². The van der Waals surface area contributed by atoms with Crippen molar-refractivity contribution in [3.05, 3.63) is 11.6 Å². The molecule has 31 heavy (non-hydrogen) atoms. The van der Waals surface area contributed by atoms with E-state index in [0.29, 0.717) is 19.4 Å². The fourth-order valence-corrected chi connectivity index (χ4v) is 3.92. The minimum atomic E-state index is -0.768. The second kappa shape index (κ2) is 11.2. The molecule has 1 fully saturated rings. The molecule has 0 aromatic rings. The molecule has 0 saturated carbocycles. The third-order valence-electron chi connectivity index (χ3n) is 5.08. The van der Waals surface area contributed by atoms with E-state index in [9.17, 15) is 14.4 Å². The van der Waals surface area contributed by atoms with Crippen molar-refractivity contribution in [3.8, 4) is 0 Å². The first-order chi connectivity index (χ1) is 14.2. The maximum atomic E-state index is 13.2. The van der Waals surface area contributed by atoms with Crippen LogP contribution in [0.3, 0.4) is 0 Å². The van der Waals surface area contributed by atoms with Crippen LogP contribution in [0.4, 0.5) is 4.79 Å². The molecule has 7 nitrogen and oxygen atoms in total. The molecule has 0 bridgehead atoms. The fraction of sp³-hybridized carbons (Fsp3) is 0.783. The van der Waals surface area contributed by atoms with Gasteiger partial charge in [0, 0.05) is 31.0 Å². The molecule has 0 aliphatic carbocycles. The molecule has 2 amide bonds. The number of halogens is 1. The Balaban J connectivity index is 3.28. The van der Waals surface area contributed by atoms with Crippen molar-refractivity contribution in [2.45, 2.75) is 97.9 Å². The van der Waals surface area contributed by atoms with Crippen molar-refractivity contribution in [2.24, 2.45) is 11.8 Å². The summed E-state index contributed by atoms with van der Waals surface area (Å²) in [5.74, 6) is -0.558. The average molecular weight is 459 g/mol. The lowest BCUT2D eigenvalue weighted by molar-refractivity contribution is -0.160. The Morgan fingerprint density at radius 3 is 2.16 bits per heavy atom. The summed E-state index contributed by atoms with van der Waals surface area (Å²) in [7, 11) is 0. The minimum Gasteiger partial charge on any atom is -0.458 e. The molecule has 1 N–H and O–H groups in total. The second-order valence-corrected chi connectivity index (χ2v) is 10.4. The summed E-state index contributed by atoms with van der Waals surface area (Å²) >= 11 is 5.90. The number of carbonyl (C=O) groups excluding carboxylic acids is 3. The van der Waals surface area contributed by atoms with E-state index < -0.39 is 29.3 Å². The molecule has 1 unspecified atom stereocenters. The molecule has 1 aliphatic rings. The maximum Gasteiger partial charge on any atom is 0.411 e. The number of nitrogens with zero attached hydrogens (tertiary/aromatic N) is 1. The zero-order valence-corrected chi connectivity index (χ0v) is 20.9. The molecular weight excluding hydrogens is 420 g/mol. The molecule has 0 aromatic heterocycles. The largest absolute Gasteiger partial charge is 0.458 e. The molecule has 0 aromatic carbocycles. The van der Waals surface area contributed by atoms with Crippen LogP contribution in [0.15, 0.2) is 11.6 Å². The lowest BCUT2D eigenvalue weighted by Crippen LogP contribution is -2.50. The van der Waals surface area contributed by atoms with Crippen molar-refractivity contribution in [3.63, 3.8) is 0 Å². The van der Waals surface area contributed by atoms with E-state index in [-0.39, 0.29) is 23.8 Å². The van der Waals surface area contributed by atoms with Crippen LogP contribution in [0, 0.1) is 11.8 Å². The van der Waals surface area contributed by atoms with Gasteiger partial charge in [0.15, 0.2) is 0 Å². The van der Waals surface area contributed by atoms with E-state index >= 15 is 0 Å². The molecule has 0 radical (unpaired) electrons. The first-order valence-corrected chi connectivity index (χ1v) is 11.4. The van der Waals surface area contributed by atoms with Gasteiger partial charge < -0.3 is 14.8 Å². The van der Waals surface area contributed by atoms with Gasteiger partial charge in [0.05, 0.1) is 0 Å². The van der Waals surface area contributed by atoms with Crippen LogP contribution >= 0.6 is 11.6 Å². The third-order valence-corrected chi connectivity index (χ3v) is 5.22. The molecule has 1 heterocycles. The predicted molar refractivity (Wildman–Crippen MR) is 122 cm³/mol. The van der Waals surface area contributed by atoms with Gasteiger partial charge in [0.1, 0.15) is 17.2 Å². The van der Waals surface area contributed by atoms with Crippen molar-refractivity contribution in [1.29, 1.82) is 0 Å². The lowest BCUT2D eigenvalue weighted by Gasteiger charge is -2.35. The molecule has 178 valence electrons. The standard InChI is InChI=1S/C23H39ClN2O5/c1-9-16(14-25-15(2)27)12-18-17(10-11-24)13-19(20(28)30-22(3,4)5)26(18)21(29)31-23(6,7)8/h10-11,16-19H,9,12-14H2,1-8H3,(H,25,27)/t16?,17-,18+,19+/m0/s1. The number of likely N-dealkylation sites (tertiary alicyclic amines) is 1. The number of hydrogen-bond donors (Lipinski definition) is 1. The zero-order chi connectivity index (χ0) is 24.0. The van der Waals surface area contributed by atoms with E-state index in [0.717, 1.165) is 6.42 Å². The Kier molecular flexibility index (Phi) is 9.86. The molecule has 1 aliphatic heterocycles. The summed E-state index contributed by atoms with van der Waals surface area (Å²) in [5, 5.41) is 2.86. The third kappa shape index (κ3) is 9.09.